The first kappa shape index (κ1) is 17.3. The van der Waals surface area contributed by atoms with Crippen molar-refractivity contribution in [2.75, 3.05) is 27.2 Å². The smallest absolute Gasteiger partial charge is 0.270 e. The van der Waals surface area contributed by atoms with E-state index in [4.69, 9.17) is 0 Å². The number of hydrogen-bond acceptors (Lipinski definition) is 4. The summed E-state index contributed by atoms with van der Waals surface area (Å²) < 4.78 is 4.28. The van der Waals surface area contributed by atoms with Gasteiger partial charge in [-0.25, -0.2) is 0 Å². The monoisotopic (exact) mass is 356 g/mol. The van der Waals surface area contributed by atoms with Gasteiger partial charge in [-0.2, -0.15) is 0 Å². The summed E-state index contributed by atoms with van der Waals surface area (Å²) in [4.78, 5) is 17.0. The number of rotatable bonds is 5. The lowest BCUT2D eigenvalue weighted by atomic mass is 9.95. The Kier molecular flexibility index (Phi) is 4.56. The summed E-state index contributed by atoms with van der Waals surface area (Å²) in [5.41, 5.74) is 0.845. The van der Waals surface area contributed by atoms with Crippen molar-refractivity contribution in [2.45, 2.75) is 44.2 Å². The summed E-state index contributed by atoms with van der Waals surface area (Å²) in [7, 11) is 6.13. The molecule has 140 valence electrons. The second-order valence-corrected chi connectivity index (χ2v) is 7.87. The van der Waals surface area contributed by atoms with E-state index in [1.165, 1.54) is 12.8 Å². The van der Waals surface area contributed by atoms with Crippen LogP contribution in [0.25, 0.3) is 0 Å². The summed E-state index contributed by atoms with van der Waals surface area (Å²) in [5.74, 6) is 2.59. The van der Waals surface area contributed by atoms with Crippen LogP contribution in [0.15, 0.2) is 18.3 Å². The van der Waals surface area contributed by atoms with Gasteiger partial charge in [0, 0.05) is 38.3 Å². The number of hydrogen-bond donors (Lipinski definition) is 0. The van der Waals surface area contributed by atoms with E-state index < -0.39 is 0 Å². The molecule has 1 saturated heterocycles. The molecule has 1 aliphatic carbocycles. The summed E-state index contributed by atoms with van der Waals surface area (Å²) in [6, 6.07) is 4.49. The third-order valence-corrected chi connectivity index (χ3v) is 5.54. The maximum atomic E-state index is 12.9. The zero-order chi connectivity index (χ0) is 18.3. The van der Waals surface area contributed by atoms with E-state index in [0.29, 0.717) is 12.0 Å². The molecule has 0 atom stereocenters. The molecule has 2 aromatic heterocycles. The molecule has 4 rings (SSSR count). The molecule has 0 unspecified atom stereocenters. The quantitative estimate of drug-likeness (QED) is 0.823. The van der Waals surface area contributed by atoms with Crippen molar-refractivity contribution in [1.82, 2.24) is 29.1 Å². The number of nitrogens with zero attached hydrogens (tertiary/aromatic N) is 6. The van der Waals surface area contributed by atoms with Crippen LogP contribution in [0.3, 0.4) is 0 Å². The first-order chi connectivity index (χ1) is 12.5. The lowest BCUT2D eigenvalue weighted by molar-refractivity contribution is 0.0699. The number of aromatic nitrogens is 4. The van der Waals surface area contributed by atoms with E-state index in [2.05, 4.69) is 24.2 Å². The van der Waals surface area contributed by atoms with E-state index in [1.54, 1.807) is 0 Å². The van der Waals surface area contributed by atoms with Crippen molar-refractivity contribution >= 4 is 5.91 Å². The number of carbonyl (C=O) groups excluding carboxylic acids is 1. The number of piperidine rings is 1. The Bertz CT molecular complexity index is 780. The molecular weight excluding hydrogens is 328 g/mol. The molecule has 26 heavy (non-hydrogen) atoms. The highest BCUT2D eigenvalue weighted by Crippen LogP contribution is 2.36. The molecule has 7 heteroatoms. The largest absolute Gasteiger partial charge is 0.340 e. The number of amides is 1. The van der Waals surface area contributed by atoms with Crippen LogP contribution in [-0.4, -0.2) is 62.2 Å². The normalized spacial score (nSPS) is 18.7. The van der Waals surface area contributed by atoms with Gasteiger partial charge in [0.2, 0.25) is 0 Å². The minimum atomic E-state index is 0.173. The van der Waals surface area contributed by atoms with Crippen molar-refractivity contribution in [3.63, 3.8) is 0 Å². The van der Waals surface area contributed by atoms with Gasteiger partial charge in [0.05, 0.1) is 6.54 Å². The van der Waals surface area contributed by atoms with Crippen LogP contribution in [0.4, 0.5) is 0 Å². The molecule has 2 aromatic rings. The predicted molar refractivity (Wildman–Crippen MR) is 99.0 cm³/mol. The molecule has 2 aliphatic rings. The highest BCUT2D eigenvalue weighted by atomic mass is 16.2. The fourth-order valence-electron chi connectivity index (χ4n) is 3.90. The average Bonchev–Trinajstić information content (AvgIpc) is 3.25. The molecule has 1 saturated carbocycles. The predicted octanol–water partition coefficient (Wildman–Crippen LogP) is 2.03. The molecule has 0 aromatic carbocycles. The molecule has 0 radical (unpaired) electrons. The first-order valence-corrected chi connectivity index (χ1v) is 9.53. The van der Waals surface area contributed by atoms with Gasteiger partial charge in [-0.1, -0.05) is 0 Å². The van der Waals surface area contributed by atoms with Crippen LogP contribution >= 0.6 is 0 Å². The van der Waals surface area contributed by atoms with Gasteiger partial charge < -0.3 is 18.9 Å². The average molecular weight is 356 g/mol. The molecule has 0 spiro atoms. The van der Waals surface area contributed by atoms with Gasteiger partial charge in [-0.15, -0.1) is 10.2 Å². The SMILES string of the molecule is CN(C)Cc1nnc(C2CCN(C(=O)c3cccn3C3CC3)CC2)n1C. The van der Waals surface area contributed by atoms with E-state index >= 15 is 0 Å². The lowest BCUT2D eigenvalue weighted by Crippen LogP contribution is -2.39. The fraction of sp³-hybridized carbons (Fsp3) is 0.632. The lowest BCUT2D eigenvalue weighted by Gasteiger charge is -2.31. The van der Waals surface area contributed by atoms with E-state index in [0.717, 1.165) is 49.8 Å². The van der Waals surface area contributed by atoms with E-state index in [9.17, 15) is 4.79 Å². The van der Waals surface area contributed by atoms with Gasteiger partial charge in [0.25, 0.3) is 5.91 Å². The Labute approximate surface area is 154 Å². The van der Waals surface area contributed by atoms with Gasteiger partial charge in [-0.05, 0) is 51.9 Å². The molecule has 0 N–H and O–H groups in total. The fourth-order valence-corrected chi connectivity index (χ4v) is 3.90. The number of likely N-dealkylation sites (tertiary alicyclic amines) is 1. The molecule has 3 heterocycles. The Morgan fingerprint density at radius 2 is 1.92 bits per heavy atom. The van der Waals surface area contributed by atoms with Crippen LogP contribution in [0, 0.1) is 0 Å². The van der Waals surface area contributed by atoms with Crippen LogP contribution in [0.1, 0.15) is 59.8 Å². The summed E-state index contributed by atoms with van der Waals surface area (Å²) in [5, 5.41) is 8.79. The number of carbonyl (C=O) groups is 1. The van der Waals surface area contributed by atoms with Gasteiger partial charge in [0.1, 0.15) is 17.3 Å². The Hall–Kier alpha value is -2.15. The first-order valence-electron chi connectivity index (χ1n) is 9.53. The highest BCUT2D eigenvalue weighted by Gasteiger charge is 2.31. The summed E-state index contributed by atoms with van der Waals surface area (Å²) >= 11 is 0. The molecule has 0 bridgehead atoms. The molecule has 1 aliphatic heterocycles. The van der Waals surface area contributed by atoms with Gasteiger partial charge >= 0.3 is 0 Å². The summed E-state index contributed by atoms with van der Waals surface area (Å²) in [6.07, 6.45) is 6.33. The van der Waals surface area contributed by atoms with E-state index in [1.807, 2.05) is 44.4 Å². The summed E-state index contributed by atoms with van der Waals surface area (Å²) in [6.45, 7) is 2.36. The van der Waals surface area contributed by atoms with Crippen molar-refractivity contribution in [3.8, 4) is 0 Å². The standard InChI is InChI=1S/C19H28N6O/c1-22(2)13-17-20-21-18(23(17)3)14-8-11-24(12-9-14)19(26)16-5-4-10-25(16)15-6-7-15/h4-5,10,14-15H,6-9,11-13H2,1-3H3. The van der Waals surface area contributed by atoms with Crippen molar-refractivity contribution in [3.05, 3.63) is 35.7 Å². The third-order valence-electron chi connectivity index (χ3n) is 5.54. The van der Waals surface area contributed by atoms with Gasteiger partial charge in [0.15, 0.2) is 0 Å². The molecule has 1 amide bonds. The zero-order valence-electron chi connectivity index (χ0n) is 15.9. The van der Waals surface area contributed by atoms with E-state index in [-0.39, 0.29) is 5.91 Å². The maximum absolute atomic E-state index is 12.9. The maximum Gasteiger partial charge on any atom is 0.270 e. The van der Waals surface area contributed by atoms with Crippen LogP contribution in [0.5, 0.6) is 0 Å². The Morgan fingerprint density at radius 3 is 2.58 bits per heavy atom. The van der Waals surface area contributed by atoms with Crippen LogP contribution in [0.2, 0.25) is 0 Å². The molecule has 2 fully saturated rings. The Balaban J connectivity index is 1.40. The molecule has 7 nitrogen and oxygen atoms in total. The minimum absolute atomic E-state index is 0.173. The van der Waals surface area contributed by atoms with Gasteiger partial charge in [-0.3, -0.25) is 4.79 Å². The zero-order valence-corrected chi connectivity index (χ0v) is 15.9. The second-order valence-electron chi connectivity index (χ2n) is 7.87. The second kappa shape index (κ2) is 6.87. The topological polar surface area (TPSA) is 59.2 Å². The van der Waals surface area contributed by atoms with Crippen molar-refractivity contribution < 1.29 is 4.79 Å². The van der Waals surface area contributed by atoms with Crippen molar-refractivity contribution in [1.29, 1.82) is 0 Å². The van der Waals surface area contributed by atoms with Crippen molar-refractivity contribution in [2.24, 2.45) is 7.05 Å². The third kappa shape index (κ3) is 3.28. The molecular formula is C19H28N6O. The minimum Gasteiger partial charge on any atom is -0.340 e. The van der Waals surface area contributed by atoms with Crippen LogP contribution in [-0.2, 0) is 13.6 Å². The highest BCUT2D eigenvalue weighted by molar-refractivity contribution is 5.93. The van der Waals surface area contributed by atoms with Crippen LogP contribution < -0.4 is 0 Å². The Morgan fingerprint density at radius 1 is 1.19 bits per heavy atom.